The number of aryl methyl sites for hydroxylation is 1. The molecule has 2 aromatic rings. The van der Waals surface area contributed by atoms with Gasteiger partial charge < -0.3 is 5.32 Å². The fraction of sp³-hybridized carbons (Fsp3) is 0.154. The van der Waals surface area contributed by atoms with Crippen LogP contribution in [0.2, 0.25) is 5.02 Å². The zero-order valence-corrected chi connectivity index (χ0v) is 12.0. The molecule has 0 aliphatic carbocycles. The van der Waals surface area contributed by atoms with Crippen LogP contribution in [0, 0.1) is 12.7 Å². The average molecular weight is 330 g/mol. The third-order valence-corrected chi connectivity index (χ3v) is 3.65. The van der Waals surface area contributed by atoms with Gasteiger partial charge in [0.25, 0.3) is 0 Å². The SMILES string of the molecule is Cc1cc(NCc2cccc(Cl)c2F)cnc1Br. The third-order valence-electron chi connectivity index (χ3n) is 2.53. The first-order chi connectivity index (χ1) is 8.58. The van der Waals surface area contributed by atoms with Crippen LogP contribution in [-0.2, 0) is 6.54 Å². The summed E-state index contributed by atoms with van der Waals surface area (Å²) in [4.78, 5) is 4.17. The molecule has 18 heavy (non-hydrogen) atoms. The monoisotopic (exact) mass is 328 g/mol. The molecule has 0 aliphatic rings. The van der Waals surface area contributed by atoms with Crippen LogP contribution in [0.4, 0.5) is 10.1 Å². The molecule has 0 spiro atoms. The number of anilines is 1. The predicted octanol–water partition coefficient (Wildman–Crippen LogP) is 4.56. The van der Waals surface area contributed by atoms with E-state index in [0.717, 1.165) is 15.9 Å². The topological polar surface area (TPSA) is 24.9 Å². The number of pyridine rings is 1. The minimum atomic E-state index is -0.381. The van der Waals surface area contributed by atoms with Gasteiger partial charge in [0.1, 0.15) is 10.4 Å². The molecule has 1 heterocycles. The van der Waals surface area contributed by atoms with Crippen molar-refractivity contribution in [1.82, 2.24) is 4.98 Å². The van der Waals surface area contributed by atoms with Crippen molar-refractivity contribution < 1.29 is 4.39 Å². The van der Waals surface area contributed by atoms with Gasteiger partial charge in [-0.05, 0) is 40.5 Å². The first kappa shape index (κ1) is 13.3. The van der Waals surface area contributed by atoms with Crippen molar-refractivity contribution in [3.8, 4) is 0 Å². The van der Waals surface area contributed by atoms with E-state index in [0.29, 0.717) is 12.1 Å². The zero-order chi connectivity index (χ0) is 13.1. The summed E-state index contributed by atoms with van der Waals surface area (Å²) in [5, 5.41) is 3.25. The van der Waals surface area contributed by atoms with E-state index in [9.17, 15) is 4.39 Å². The van der Waals surface area contributed by atoms with Gasteiger partial charge in [0.2, 0.25) is 0 Å². The van der Waals surface area contributed by atoms with Gasteiger partial charge in [-0.2, -0.15) is 0 Å². The summed E-state index contributed by atoms with van der Waals surface area (Å²) < 4.78 is 14.5. The predicted molar refractivity (Wildman–Crippen MR) is 75.4 cm³/mol. The molecule has 2 rings (SSSR count). The van der Waals surface area contributed by atoms with Crippen LogP contribution in [-0.4, -0.2) is 4.98 Å². The molecular formula is C13H11BrClFN2. The molecule has 0 saturated heterocycles. The Balaban J connectivity index is 2.11. The number of rotatable bonds is 3. The number of halogens is 3. The Bertz CT molecular complexity index is 575. The third kappa shape index (κ3) is 3.00. The number of aromatic nitrogens is 1. The lowest BCUT2D eigenvalue weighted by atomic mass is 10.2. The van der Waals surface area contributed by atoms with Gasteiger partial charge in [-0.15, -0.1) is 0 Å². The molecule has 0 atom stereocenters. The Morgan fingerprint density at radius 1 is 1.44 bits per heavy atom. The van der Waals surface area contributed by atoms with E-state index >= 15 is 0 Å². The van der Waals surface area contributed by atoms with E-state index in [-0.39, 0.29) is 10.8 Å². The highest BCUT2D eigenvalue weighted by Gasteiger charge is 2.06. The molecule has 0 radical (unpaired) electrons. The number of hydrogen-bond donors (Lipinski definition) is 1. The Hall–Kier alpha value is -1.13. The maximum Gasteiger partial charge on any atom is 0.146 e. The summed E-state index contributed by atoms with van der Waals surface area (Å²) in [6.07, 6.45) is 1.69. The molecule has 94 valence electrons. The molecule has 0 fully saturated rings. The Morgan fingerprint density at radius 2 is 2.22 bits per heavy atom. The Kier molecular flexibility index (Phi) is 4.19. The first-order valence-corrected chi connectivity index (χ1v) is 6.54. The van der Waals surface area contributed by atoms with Crippen molar-refractivity contribution in [1.29, 1.82) is 0 Å². The fourth-order valence-corrected chi connectivity index (χ4v) is 1.95. The van der Waals surface area contributed by atoms with Crippen LogP contribution in [0.15, 0.2) is 35.1 Å². The normalized spacial score (nSPS) is 10.4. The lowest BCUT2D eigenvalue weighted by Crippen LogP contribution is -2.02. The molecule has 5 heteroatoms. The molecule has 1 aromatic heterocycles. The van der Waals surface area contributed by atoms with E-state index in [1.54, 1.807) is 18.3 Å². The van der Waals surface area contributed by atoms with Crippen molar-refractivity contribution in [3.05, 3.63) is 57.0 Å². The number of nitrogens with zero attached hydrogens (tertiary/aromatic N) is 1. The van der Waals surface area contributed by atoms with Gasteiger partial charge in [0, 0.05) is 12.1 Å². The van der Waals surface area contributed by atoms with Gasteiger partial charge in [0.15, 0.2) is 0 Å². The van der Waals surface area contributed by atoms with Crippen molar-refractivity contribution in [2.24, 2.45) is 0 Å². The van der Waals surface area contributed by atoms with Gasteiger partial charge in [-0.3, -0.25) is 0 Å². The maximum atomic E-state index is 13.7. The molecule has 1 aromatic carbocycles. The summed E-state index contributed by atoms with van der Waals surface area (Å²) in [6.45, 7) is 2.32. The van der Waals surface area contributed by atoms with Crippen molar-refractivity contribution >= 4 is 33.2 Å². The van der Waals surface area contributed by atoms with Crippen molar-refractivity contribution in [2.75, 3.05) is 5.32 Å². The Labute approximate surface area is 118 Å². The zero-order valence-electron chi connectivity index (χ0n) is 9.67. The summed E-state index contributed by atoms with van der Waals surface area (Å²) in [5.74, 6) is -0.381. The van der Waals surface area contributed by atoms with Gasteiger partial charge in [-0.25, -0.2) is 9.37 Å². The van der Waals surface area contributed by atoms with Crippen molar-refractivity contribution in [2.45, 2.75) is 13.5 Å². The summed E-state index contributed by atoms with van der Waals surface area (Å²) in [5.41, 5.74) is 2.39. The highest BCUT2D eigenvalue weighted by molar-refractivity contribution is 9.10. The van der Waals surface area contributed by atoms with Crippen LogP contribution in [0.5, 0.6) is 0 Å². The summed E-state index contributed by atoms with van der Waals surface area (Å²) >= 11 is 9.05. The summed E-state index contributed by atoms with van der Waals surface area (Å²) in [6, 6.07) is 6.91. The van der Waals surface area contributed by atoms with Crippen LogP contribution in [0.25, 0.3) is 0 Å². The highest BCUT2D eigenvalue weighted by atomic mass is 79.9. The minimum absolute atomic E-state index is 0.138. The Morgan fingerprint density at radius 3 is 2.94 bits per heavy atom. The van der Waals surface area contributed by atoms with E-state index in [1.165, 1.54) is 6.07 Å². The lowest BCUT2D eigenvalue weighted by molar-refractivity contribution is 0.613. The van der Waals surface area contributed by atoms with Crippen LogP contribution in [0.3, 0.4) is 0 Å². The first-order valence-electron chi connectivity index (χ1n) is 5.37. The van der Waals surface area contributed by atoms with Gasteiger partial charge in [0.05, 0.1) is 16.9 Å². The van der Waals surface area contributed by atoms with Crippen LogP contribution >= 0.6 is 27.5 Å². The molecule has 0 saturated carbocycles. The van der Waals surface area contributed by atoms with Gasteiger partial charge in [-0.1, -0.05) is 23.7 Å². The van der Waals surface area contributed by atoms with E-state index < -0.39 is 0 Å². The lowest BCUT2D eigenvalue weighted by Gasteiger charge is -2.09. The standard InChI is InChI=1S/C13H11BrClFN2/c1-8-5-10(7-18-13(8)14)17-6-9-3-2-4-11(15)12(9)16/h2-5,7,17H,6H2,1H3. The molecule has 1 N–H and O–H groups in total. The second-order valence-corrected chi connectivity index (χ2v) is 5.06. The highest BCUT2D eigenvalue weighted by Crippen LogP contribution is 2.20. The van der Waals surface area contributed by atoms with Crippen LogP contribution < -0.4 is 5.32 Å². The second kappa shape index (κ2) is 5.67. The van der Waals surface area contributed by atoms with E-state index in [4.69, 9.17) is 11.6 Å². The number of hydrogen-bond acceptors (Lipinski definition) is 2. The fourth-order valence-electron chi connectivity index (χ4n) is 1.54. The molecule has 0 bridgehead atoms. The van der Waals surface area contributed by atoms with Gasteiger partial charge >= 0.3 is 0 Å². The molecular weight excluding hydrogens is 319 g/mol. The largest absolute Gasteiger partial charge is 0.380 e. The quantitative estimate of drug-likeness (QED) is 0.835. The summed E-state index contributed by atoms with van der Waals surface area (Å²) in [7, 11) is 0. The second-order valence-electron chi connectivity index (χ2n) is 3.90. The minimum Gasteiger partial charge on any atom is -0.380 e. The molecule has 0 unspecified atom stereocenters. The number of benzene rings is 1. The molecule has 2 nitrogen and oxygen atoms in total. The van der Waals surface area contributed by atoms with E-state index in [1.807, 2.05) is 13.0 Å². The average Bonchev–Trinajstić information content (AvgIpc) is 2.35. The molecule has 0 amide bonds. The van der Waals surface area contributed by atoms with Crippen LogP contribution in [0.1, 0.15) is 11.1 Å². The van der Waals surface area contributed by atoms with Crippen molar-refractivity contribution in [3.63, 3.8) is 0 Å². The molecule has 0 aliphatic heterocycles. The van der Waals surface area contributed by atoms with E-state index in [2.05, 4.69) is 26.2 Å². The number of nitrogens with one attached hydrogen (secondary N) is 1. The maximum absolute atomic E-state index is 13.7. The smallest absolute Gasteiger partial charge is 0.146 e.